The van der Waals surface area contributed by atoms with E-state index >= 15 is 0 Å². The highest BCUT2D eigenvalue weighted by Gasteiger charge is 2.33. The zero-order chi connectivity index (χ0) is 13.0. The Hall–Kier alpha value is -0.650. The van der Waals surface area contributed by atoms with Gasteiger partial charge in [-0.15, -0.1) is 0 Å². The zero-order valence-electron chi connectivity index (χ0n) is 11.2. The van der Waals surface area contributed by atoms with Crippen LogP contribution in [0.3, 0.4) is 0 Å². The molecule has 2 aliphatic rings. The third-order valence-electron chi connectivity index (χ3n) is 3.99. The molecule has 3 N–H and O–H groups in total. The number of piperazine rings is 1. The van der Waals surface area contributed by atoms with E-state index in [4.69, 9.17) is 5.11 Å². The Morgan fingerprint density at radius 1 is 1.33 bits per heavy atom. The van der Waals surface area contributed by atoms with Crippen molar-refractivity contribution in [3.05, 3.63) is 0 Å². The highest BCUT2D eigenvalue weighted by Crippen LogP contribution is 2.25. The molecule has 0 aromatic heterocycles. The van der Waals surface area contributed by atoms with Gasteiger partial charge in [-0.3, -0.25) is 4.79 Å². The second kappa shape index (κ2) is 6.50. The second-order valence-electron chi connectivity index (χ2n) is 5.46. The first kappa shape index (κ1) is 13.8. The summed E-state index contributed by atoms with van der Waals surface area (Å²) < 4.78 is 0. The maximum absolute atomic E-state index is 12.5. The van der Waals surface area contributed by atoms with E-state index in [1.165, 1.54) is 6.42 Å². The first-order valence-corrected chi connectivity index (χ1v) is 7.10. The summed E-state index contributed by atoms with van der Waals surface area (Å²) in [5.74, 6) is 0.201. The maximum Gasteiger partial charge on any atom is 0.241 e. The molecule has 2 rings (SSSR count). The maximum atomic E-state index is 12.5. The SMILES string of the molecule is CC1CNC(C(=O)N(CCCO)C2CCC2)CN1. The molecule has 18 heavy (non-hydrogen) atoms. The lowest BCUT2D eigenvalue weighted by Gasteiger charge is -2.41. The van der Waals surface area contributed by atoms with Crippen molar-refractivity contribution in [1.82, 2.24) is 15.5 Å². The smallest absolute Gasteiger partial charge is 0.241 e. The molecule has 2 atom stereocenters. The van der Waals surface area contributed by atoms with E-state index in [2.05, 4.69) is 17.6 Å². The summed E-state index contributed by atoms with van der Waals surface area (Å²) in [6, 6.07) is 0.745. The van der Waals surface area contributed by atoms with Gasteiger partial charge in [-0.05, 0) is 32.6 Å². The van der Waals surface area contributed by atoms with Gasteiger partial charge in [0.25, 0.3) is 0 Å². The monoisotopic (exact) mass is 255 g/mol. The molecule has 1 aliphatic heterocycles. The standard InChI is InChI=1S/C13H25N3O2/c1-10-8-15-12(9-14-10)13(18)16(6-3-7-17)11-4-2-5-11/h10-12,14-15,17H,2-9H2,1H3. The highest BCUT2D eigenvalue weighted by atomic mass is 16.3. The minimum Gasteiger partial charge on any atom is -0.396 e. The summed E-state index contributed by atoms with van der Waals surface area (Å²) in [7, 11) is 0. The van der Waals surface area contributed by atoms with Gasteiger partial charge in [-0.25, -0.2) is 0 Å². The number of rotatable bonds is 5. The molecule has 104 valence electrons. The number of hydrogen-bond donors (Lipinski definition) is 3. The van der Waals surface area contributed by atoms with Gasteiger partial charge >= 0.3 is 0 Å². The number of carbonyl (C=O) groups excluding carboxylic acids is 1. The fourth-order valence-corrected chi connectivity index (χ4v) is 2.57. The molecule has 5 nitrogen and oxygen atoms in total. The van der Waals surface area contributed by atoms with Crippen molar-refractivity contribution in [1.29, 1.82) is 0 Å². The van der Waals surface area contributed by atoms with Crippen molar-refractivity contribution < 1.29 is 9.90 Å². The Kier molecular flexibility index (Phi) is 4.97. The number of carbonyl (C=O) groups is 1. The summed E-state index contributed by atoms with van der Waals surface area (Å²) in [6.45, 7) is 4.51. The molecule has 0 spiro atoms. The lowest BCUT2D eigenvalue weighted by atomic mass is 9.90. The Morgan fingerprint density at radius 2 is 2.11 bits per heavy atom. The van der Waals surface area contributed by atoms with E-state index in [-0.39, 0.29) is 18.6 Å². The summed E-state index contributed by atoms with van der Waals surface area (Å²) in [6.07, 6.45) is 4.14. The topological polar surface area (TPSA) is 64.6 Å². The predicted molar refractivity (Wildman–Crippen MR) is 70.3 cm³/mol. The first-order valence-electron chi connectivity index (χ1n) is 7.10. The van der Waals surface area contributed by atoms with Crippen molar-refractivity contribution >= 4 is 5.91 Å². The fourth-order valence-electron chi connectivity index (χ4n) is 2.57. The van der Waals surface area contributed by atoms with Gasteiger partial charge < -0.3 is 20.6 Å². The Balaban J connectivity index is 1.89. The van der Waals surface area contributed by atoms with Crippen molar-refractivity contribution in [2.45, 2.75) is 50.7 Å². The van der Waals surface area contributed by atoms with Crippen LogP contribution in [-0.4, -0.2) is 60.3 Å². The number of hydrogen-bond acceptors (Lipinski definition) is 4. The largest absolute Gasteiger partial charge is 0.396 e. The van der Waals surface area contributed by atoms with Crippen molar-refractivity contribution in [3.8, 4) is 0 Å². The van der Waals surface area contributed by atoms with Gasteiger partial charge in [-0.2, -0.15) is 0 Å². The van der Waals surface area contributed by atoms with Gasteiger partial charge in [0.1, 0.15) is 0 Å². The lowest BCUT2D eigenvalue weighted by Crippen LogP contribution is -2.61. The number of nitrogens with one attached hydrogen (secondary N) is 2. The Bertz CT molecular complexity index is 273. The molecule has 0 bridgehead atoms. The molecule has 1 amide bonds. The minimum absolute atomic E-state index is 0.0968. The number of aliphatic hydroxyl groups is 1. The predicted octanol–water partition coefficient (Wildman–Crippen LogP) is -0.300. The molecule has 5 heteroatoms. The van der Waals surface area contributed by atoms with Crippen molar-refractivity contribution in [2.75, 3.05) is 26.2 Å². The van der Waals surface area contributed by atoms with Crippen LogP contribution in [0.4, 0.5) is 0 Å². The fraction of sp³-hybridized carbons (Fsp3) is 0.923. The average Bonchev–Trinajstić information content (AvgIpc) is 2.32. The van der Waals surface area contributed by atoms with E-state index in [1.54, 1.807) is 0 Å². The second-order valence-corrected chi connectivity index (χ2v) is 5.46. The van der Waals surface area contributed by atoms with E-state index in [0.717, 1.165) is 19.4 Å². The highest BCUT2D eigenvalue weighted by molar-refractivity contribution is 5.82. The van der Waals surface area contributed by atoms with Crippen molar-refractivity contribution in [3.63, 3.8) is 0 Å². The Labute approximate surface area is 109 Å². The summed E-state index contributed by atoms with van der Waals surface area (Å²) >= 11 is 0. The van der Waals surface area contributed by atoms with Gasteiger partial charge in [0, 0.05) is 38.3 Å². The van der Waals surface area contributed by atoms with Gasteiger partial charge in [0.15, 0.2) is 0 Å². The molecule has 1 aliphatic carbocycles. The number of amides is 1. The summed E-state index contributed by atoms with van der Waals surface area (Å²) in [4.78, 5) is 14.5. The van der Waals surface area contributed by atoms with Crippen LogP contribution in [0.15, 0.2) is 0 Å². The van der Waals surface area contributed by atoms with E-state index in [9.17, 15) is 4.79 Å². The molecule has 0 aromatic rings. The average molecular weight is 255 g/mol. The third kappa shape index (κ3) is 3.22. The number of aliphatic hydroxyl groups excluding tert-OH is 1. The van der Waals surface area contributed by atoms with Crippen LogP contribution in [-0.2, 0) is 4.79 Å². The van der Waals surface area contributed by atoms with Gasteiger partial charge in [0.05, 0.1) is 6.04 Å². The van der Waals surface area contributed by atoms with Crippen LogP contribution in [0.25, 0.3) is 0 Å². The molecule has 2 fully saturated rings. The van der Waals surface area contributed by atoms with Crippen LogP contribution in [0.5, 0.6) is 0 Å². The lowest BCUT2D eigenvalue weighted by molar-refractivity contribution is -0.138. The summed E-state index contributed by atoms with van der Waals surface area (Å²) in [5, 5.41) is 15.6. The van der Waals surface area contributed by atoms with Gasteiger partial charge in [0.2, 0.25) is 5.91 Å². The van der Waals surface area contributed by atoms with Crippen LogP contribution in [0.1, 0.15) is 32.6 Å². The molecule has 1 saturated heterocycles. The number of nitrogens with zero attached hydrogens (tertiary/aromatic N) is 1. The third-order valence-corrected chi connectivity index (χ3v) is 3.99. The molecule has 0 radical (unpaired) electrons. The molecular weight excluding hydrogens is 230 g/mol. The van der Waals surface area contributed by atoms with E-state index in [0.29, 0.717) is 31.6 Å². The van der Waals surface area contributed by atoms with E-state index < -0.39 is 0 Å². The van der Waals surface area contributed by atoms with E-state index in [1.807, 2.05) is 4.90 Å². The zero-order valence-corrected chi connectivity index (χ0v) is 11.2. The quantitative estimate of drug-likeness (QED) is 0.631. The molecule has 0 aromatic carbocycles. The molecule has 2 unspecified atom stereocenters. The molecule has 1 heterocycles. The summed E-state index contributed by atoms with van der Waals surface area (Å²) in [5.41, 5.74) is 0. The van der Waals surface area contributed by atoms with Gasteiger partial charge in [-0.1, -0.05) is 0 Å². The van der Waals surface area contributed by atoms with Crippen molar-refractivity contribution in [2.24, 2.45) is 0 Å². The molecular formula is C13H25N3O2. The van der Waals surface area contributed by atoms with Crippen LogP contribution in [0, 0.1) is 0 Å². The van der Waals surface area contributed by atoms with Crippen LogP contribution >= 0.6 is 0 Å². The first-order chi connectivity index (χ1) is 8.72. The molecule has 1 saturated carbocycles. The Morgan fingerprint density at radius 3 is 2.61 bits per heavy atom. The van der Waals surface area contributed by atoms with Crippen LogP contribution < -0.4 is 10.6 Å². The minimum atomic E-state index is -0.0968. The normalized spacial score (nSPS) is 28.8. The van der Waals surface area contributed by atoms with Crippen LogP contribution in [0.2, 0.25) is 0 Å².